The second-order valence-corrected chi connectivity index (χ2v) is 8.02. The molecule has 1 aromatic carbocycles. The Labute approximate surface area is 150 Å². The summed E-state index contributed by atoms with van der Waals surface area (Å²) >= 11 is 0. The molecule has 1 aliphatic heterocycles. The molecule has 0 amide bonds. The van der Waals surface area contributed by atoms with Crippen LogP contribution in [0.25, 0.3) is 0 Å². The molecule has 0 spiro atoms. The van der Waals surface area contributed by atoms with E-state index in [-0.39, 0.29) is 12.3 Å². The molecule has 1 fully saturated rings. The topological polar surface area (TPSA) is 79.0 Å². The van der Waals surface area contributed by atoms with Crippen LogP contribution in [0.2, 0.25) is 0 Å². The minimum atomic E-state index is -3.57. The van der Waals surface area contributed by atoms with Gasteiger partial charge in [-0.05, 0) is 30.7 Å². The van der Waals surface area contributed by atoms with Crippen molar-refractivity contribution in [2.45, 2.75) is 19.8 Å². The Balaban J connectivity index is 2.22. The Morgan fingerprint density at radius 2 is 1.88 bits per heavy atom. The van der Waals surface area contributed by atoms with E-state index in [0.717, 1.165) is 42.6 Å². The Bertz CT molecular complexity index is 655. The van der Waals surface area contributed by atoms with Gasteiger partial charge in [0.1, 0.15) is 6.54 Å². The molecule has 0 atom stereocenters. The van der Waals surface area contributed by atoms with Crippen LogP contribution in [0, 0.1) is 0 Å². The lowest BCUT2D eigenvalue weighted by atomic mass is 10.2. The summed E-state index contributed by atoms with van der Waals surface area (Å²) in [6.07, 6.45) is 1.33. The van der Waals surface area contributed by atoms with E-state index in [9.17, 15) is 13.2 Å². The number of rotatable bonds is 8. The minimum absolute atomic E-state index is 0.0139. The normalized spacial score (nSPS) is 15.0. The largest absolute Gasteiger partial charge is 0.468 e. The number of piperazine rings is 1. The second-order valence-electron chi connectivity index (χ2n) is 6.01. The highest BCUT2D eigenvalue weighted by molar-refractivity contribution is 7.92. The smallest absolute Gasteiger partial charge is 0.326 e. The highest BCUT2D eigenvalue weighted by atomic mass is 32.2. The standard InChI is InChI=1S/C17H27N3O4S/c1-3-4-13-25(22,23)20(14-17(21)24-2)16-7-5-15(6-8-16)19-11-9-18-10-12-19/h5-8,18H,3-4,9-14H2,1-2H3. The van der Waals surface area contributed by atoms with Crippen molar-refractivity contribution in [3.05, 3.63) is 24.3 Å². The van der Waals surface area contributed by atoms with Crippen molar-refractivity contribution >= 4 is 27.4 Å². The van der Waals surface area contributed by atoms with Gasteiger partial charge in [0, 0.05) is 31.9 Å². The lowest BCUT2D eigenvalue weighted by Crippen LogP contribution is -2.43. The zero-order valence-electron chi connectivity index (χ0n) is 14.9. The summed E-state index contributed by atoms with van der Waals surface area (Å²) in [6.45, 7) is 5.32. The molecule has 1 aromatic rings. The number of ether oxygens (including phenoxy) is 1. The number of esters is 1. The summed E-state index contributed by atoms with van der Waals surface area (Å²) in [5, 5.41) is 3.30. The molecule has 0 radical (unpaired) electrons. The van der Waals surface area contributed by atoms with Crippen molar-refractivity contribution < 1.29 is 17.9 Å². The number of benzene rings is 1. The maximum Gasteiger partial charge on any atom is 0.326 e. The number of carbonyl (C=O) groups is 1. The van der Waals surface area contributed by atoms with Gasteiger partial charge in [-0.3, -0.25) is 9.10 Å². The number of nitrogens with one attached hydrogen (secondary N) is 1. The fraction of sp³-hybridized carbons (Fsp3) is 0.588. The number of methoxy groups -OCH3 is 1. The third-order valence-electron chi connectivity index (χ3n) is 4.21. The lowest BCUT2D eigenvalue weighted by Gasteiger charge is -2.30. The summed E-state index contributed by atoms with van der Waals surface area (Å²) in [7, 11) is -2.31. The number of anilines is 2. The Morgan fingerprint density at radius 1 is 1.24 bits per heavy atom. The molecule has 1 aliphatic rings. The van der Waals surface area contributed by atoms with E-state index in [0.29, 0.717) is 12.1 Å². The van der Waals surface area contributed by atoms with Crippen molar-refractivity contribution in [3.63, 3.8) is 0 Å². The highest BCUT2D eigenvalue weighted by Crippen LogP contribution is 2.24. The van der Waals surface area contributed by atoms with Gasteiger partial charge in [-0.1, -0.05) is 13.3 Å². The summed E-state index contributed by atoms with van der Waals surface area (Å²) < 4.78 is 31.1. The average molecular weight is 369 g/mol. The van der Waals surface area contributed by atoms with Crippen molar-refractivity contribution in [3.8, 4) is 0 Å². The number of unbranched alkanes of at least 4 members (excludes halogenated alkanes) is 1. The molecular formula is C17H27N3O4S. The van der Waals surface area contributed by atoms with E-state index in [1.807, 2.05) is 19.1 Å². The van der Waals surface area contributed by atoms with Crippen molar-refractivity contribution in [1.82, 2.24) is 5.32 Å². The van der Waals surface area contributed by atoms with Crippen molar-refractivity contribution in [1.29, 1.82) is 0 Å². The van der Waals surface area contributed by atoms with E-state index < -0.39 is 16.0 Å². The zero-order valence-corrected chi connectivity index (χ0v) is 15.7. The first-order valence-electron chi connectivity index (χ1n) is 8.61. The third-order valence-corrected chi connectivity index (χ3v) is 6.03. The Kier molecular flexibility index (Phi) is 7.07. The van der Waals surface area contributed by atoms with Crippen LogP contribution in [-0.4, -0.2) is 60.0 Å². The first kappa shape index (κ1) is 19.5. The van der Waals surface area contributed by atoms with Crippen LogP contribution in [0.1, 0.15) is 19.8 Å². The molecule has 2 rings (SSSR count). The van der Waals surface area contributed by atoms with Crippen LogP contribution in [0.15, 0.2) is 24.3 Å². The lowest BCUT2D eigenvalue weighted by molar-refractivity contribution is -0.138. The fourth-order valence-electron chi connectivity index (χ4n) is 2.72. The predicted molar refractivity (Wildman–Crippen MR) is 99.6 cm³/mol. The van der Waals surface area contributed by atoms with E-state index in [2.05, 4.69) is 15.0 Å². The minimum Gasteiger partial charge on any atom is -0.468 e. The molecular weight excluding hydrogens is 342 g/mol. The number of hydrogen-bond donors (Lipinski definition) is 1. The number of sulfonamides is 1. The van der Waals surface area contributed by atoms with Gasteiger partial charge in [0.25, 0.3) is 0 Å². The summed E-state index contributed by atoms with van der Waals surface area (Å²) in [6, 6.07) is 7.31. The van der Waals surface area contributed by atoms with Gasteiger partial charge < -0.3 is 15.0 Å². The zero-order chi connectivity index (χ0) is 18.3. The first-order valence-corrected chi connectivity index (χ1v) is 10.2. The molecule has 0 saturated carbocycles. The van der Waals surface area contributed by atoms with Gasteiger partial charge in [0.05, 0.1) is 18.6 Å². The molecule has 1 heterocycles. The quantitative estimate of drug-likeness (QED) is 0.694. The molecule has 0 aliphatic carbocycles. The van der Waals surface area contributed by atoms with E-state index in [1.54, 1.807) is 12.1 Å². The van der Waals surface area contributed by atoms with Gasteiger partial charge in [-0.2, -0.15) is 0 Å². The van der Waals surface area contributed by atoms with Crippen LogP contribution in [-0.2, 0) is 19.6 Å². The second kappa shape index (κ2) is 9.05. The van der Waals surface area contributed by atoms with Crippen LogP contribution < -0.4 is 14.5 Å². The van der Waals surface area contributed by atoms with Crippen LogP contribution >= 0.6 is 0 Å². The van der Waals surface area contributed by atoms with E-state index in [1.165, 1.54) is 7.11 Å². The fourth-order valence-corrected chi connectivity index (χ4v) is 4.34. The first-order chi connectivity index (χ1) is 12.0. The van der Waals surface area contributed by atoms with Crippen LogP contribution in [0.3, 0.4) is 0 Å². The molecule has 140 valence electrons. The van der Waals surface area contributed by atoms with Gasteiger partial charge in [-0.15, -0.1) is 0 Å². The van der Waals surface area contributed by atoms with Crippen LogP contribution in [0.5, 0.6) is 0 Å². The van der Waals surface area contributed by atoms with Gasteiger partial charge in [-0.25, -0.2) is 8.42 Å². The van der Waals surface area contributed by atoms with Crippen LogP contribution in [0.4, 0.5) is 11.4 Å². The summed E-state index contributed by atoms with van der Waals surface area (Å²) in [4.78, 5) is 13.9. The van der Waals surface area contributed by atoms with Gasteiger partial charge >= 0.3 is 5.97 Å². The predicted octanol–water partition coefficient (Wildman–Crippen LogP) is 1.21. The molecule has 0 aromatic heterocycles. The monoisotopic (exact) mass is 369 g/mol. The summed E-state index contributed by atoms with van der Waals surface area (Å²) in [5.74, 6) is -0.564. The maximum absolute atomic E-state index is 12.6. The third kappa shape index (κ3) is 5.34. The molecule has 8 heteroatoms. The number of hydrogen-bond acceptors (Lipinski definition) is 6. The molecule has 0 unspecified atom stereocenters. The average Bonchev–Trinajstić information content (AvgIpc) is 2.65. The van der Waals surface area contributed by atoms with Crippen molar-refractivity contribution in [2.24, 2.45) is 0 Å². The molecule has 7 nitrogen and oxygen atoms in total. The number of carbonyl (C=O) groups excluding carboxylic acids is 1. The Hall–Kier alpha value is -1.80. The maximum atomic E-state index is 12.6. The Morgan fingerprint density at radius 3 is 2.44 bits per heavy atom. The number of nitrogens with zero attached hydrogens (tertiary/aromatic N) is 2. The van der Waals surface area contributed by atoms with Gasteiger partial charge in [0.2, 0.25) is 10.0 Å². The molecule has 1 saturated heterocycles. The highest BCUT2D eigenvalue weighted by Gasteiger charge is 2.25. The molecule has 1 N–H and O–H groups in total. The van der Waals surface area contributed by atoms with Crippen molar-refractivity contribution in [2.75, 3.05) is 54.8 Å². The van der Waals surface area contributed by atoms with E-state index >= 15 is 0 Å². The summed E-state index contributed by atoms with van der Waals surface area (Å²) in [5.41, 5.74) is 1.54. The molecule has 0 bridgehead atoms. The molecule has 25 heavy (non-hydrogen) atoms. The SMILES string of the molecule is CCCCS(=O)(=O)N(CC(=O)OC)c1ccc(N2CCNCC2)cc1. The van der Waals surface area contributed by atoms with Gasteiger partial charge in [0.15, 0.2) is 0 Å². The van der Waals surface area contributed by atoms with E-state index in [4.69, 9.17) is 0 Å².